The number of benzene rings is 1. The summed E-state index contributed by atoms with van der Waals surface area (Å²) in [6.07, 6.45) is -1.92. The van der Waals surface area contributed by atoms with Crippen LogP contribution < -0.4 is 22.1 Å². The van der Waals surface area contributed by atoms with Crippen LogP contribution in [0, 0.1) is 0 Å². The third kappa shape index (κ3) is 7.21. The number of carboxylic acid groups (broad SMARTS) is 1. The van der Waals surface area contributed by atoms with E-state index in [1.54, 1.807) is 0 Å². The highest BCUT2D eigenvalue weighted by Crippen LogP contribution is 2.11. The van der Waals surface area contributed by atoms with Gasteiger partial charge in [0.05, 0.1) is 18.6 Å². The molecule has 0 spiro atoms. The van der Waals surface area contributed by atoms with Gasteiger partial charge in [-0.15, -0.1) is 0 Å². The van der Waals surface area contributed by atoms with Gasteiger partial charge in [0.15, 0.2) is 0 Å². The van der Waals surface area contributed by atoms with E-state index in [0.717, 1.165) is 0 Å². The summed E-state index contributed by atoms with van der Waals surface area (Å²) < 4.78 is 0. The Morgan fingerprint density at radius 2 is 1.64 bits per heavy atom. The van der Waals surface area contributed by atoms with Crippen LogP contribution >= 0.6 is 0 Å². The number of hydrogen-bond donors (Lipinski definition) is 7. The molecule has 28 heavy (non-hydrogen) atoms. The van der Waals surface area contributed by atoms with Crippen molar-refractivity contribution >= 4 is 23.7 Å². The van der Waals surface area contributed by atoms with E-state index < -0.39 is 54.3 Å². The highest BCUT2D eigenvalue weighted by molar-refractivity contribution is 5.93. The Hall–Kier alpha value is -3.18. The molecule has 1 aromatic rings. The zero-order valence-electron chi connectivity index (χ0n) is 15.2. The number of amides is 3. The number of primary amides is 1. The van der Waals surface area contributed by atoms with Gasteiger partial charge in [0.1, 0.15) is 17.8 Å². The number of aliphatic carboxylic acids is 1. The summed E-state index contributed by atoms with van der Waals surface area (Å²) >= 11 is 0. The van der Waals surface area contributed by atoms with Crippen LogP contribution in [0.25, 0.3) is 0 Å². The van der Waals surface area contributed by atoms with E-state index in [-0.39, 0.29) is 12.2 Å². The summed E-state index contributed by atoms with van der Waals surface area (Å²) in [5.74, 6) is -3.99. The number of aromatic hydroxyl groups is 1. The van der Waals surface area contributed by atoms with Crippen LogP contribution in [-0.2, 0) is 25.6 Å². The van der Waals surface area contributed by atoms with Crippen molar-refractivity contribution in [3.63, 3.8) is 0 Å². The fraction of sp³-hybridized carbons (Fsp3) is 0.412. The maximum Gasteiger partial charge on any atom is 0.326 e. The molecule has 3 amide bonds. The molecule has 0 aliphatic rings. The molecule has 0 fully saturated rings. The molecule has 11 heteroatoms. The number of hydrogen-bond acceptors (Lipinski definition) is 7. The Bertz CT molecular complexity index is 721. The van der Waals surface area contributed by atoms with Crippen molar-refractivity contribution in [3.05, 3.63) is 29.8 Å². The van der Waals surface area contributed by atoms with Crippen molar-refractivity contribution in [2.24, 2.45) is 11.5 Å². The number of carbonyl (C=O) groups excluding carboxylic acids is 3. The molecule has 0 aliphatic heterocycles. The van der Waals surface area contributed by atoms with Gasteiger partial charge in [-0.3, -0.25) is 14.4 Å². The standard InChI is InChI=1S/C17H24N4O7/c1-8(22)14(21-15(25)11(18)7-13(19)24)16(26)20-12(17(27)28)6-9-2-4-10(23)5-3-9/h2-5,8,11-12,14,22-23H,6-7,18H2,1H3,(H2,19,24)(H,20,26)(H,21,25)(H,27,28)/t8-,11+,12-,14+/m0/s1. The quantitative estimate of drug-likeness (QED) is 0.226. The zero-order valence-corrected chi connectivity index (χ0v) is 15.2. The number of phenols is 1. The predicted molar refractivity (Wildman–Crippen MR) is 96.8 cm³/mol. The summed E-state index contributed by atoms with van der Waals surface area (Å²) in [6.45, 7) is 1.22. The molecular formula is C17H24N4O7. The predicted octanol–water partition coefficient (Wildman–Crippen LogP) is -2.43. The number of nitrogens with one attached hydrogen (secondary N) is 2. The summed E-state index contributed by atoms with van der Waals surface area (Å²) in [4.78, 5) is 46.7. The van der Waals surface area contributed by atoms with Crippen LogP contribution in [0.2, 0.25) is 0 Å². The molecule has 1 aromatic carbocycles. The topological polar surface area (TPSA) is 205 Å². The van der Waals surface area contributed by atoms with Crippen molar-refractivity contribution in [3.8, 4) is 5.75 Å². The monoisotopic (exact) mass is 396 g/mol. The molecule has 0 saturated carbocycles. The minimum Gasteiger partial charge on any atom is -0.508 e. The van der Waals surface area contributed by atoms with Crippen LogP contribution in [0.4, 0.5) is 0 Å². The van der Waals surface area contributed by atoms with Gasteiger partial charge in [-0.25, -0.2) is 4.79 Å². The normalized spacial score (nSPS) is 15.0. The number of nitrogens with two attached hydrogens (primary N) is 2. The fourth-order valence-electron chi connectivity index (χ4n) is 2.30. The van der Waals surface area contributed by atoms with Crippen LogP contribution in [-0.4, -0.2) is 63.2 Å². The Kier molecular flexibility index (Phi) is 8.35. The Balaban J connectivity index is 2.83. The Labute approximate surface area is 160 Å². The molecule has 4 atom stereocenters. The largest absolute Gasteiger partial charge is 0.508 e. The van der Waals surface area contributed by atoms with Gasteiger partial charge in [-0.05, 0) is 24.6 Å². The SMILES string of the molecule is C[C@H](O)[C@@H](NC(=O)[C@H](N)CC(N)=O)C(=O)N[C@@H](Cc1ccc(O)cc1)C(=O)O. The van der Waals surface area contributed by atoms with Crippen LogP contribution in [0.15, 0.2) is 24.3 Å². The summed E-state index contributed by atoms with van der Waals surface area (Å²) in [6, 6.07) is 1.56. The van der Waals surface area contributed by atoms with Crippen molar-refractivity contribution < 1.29 is 34.5 Å². The van der Waals surface area contributed by atoms with E-state index in [1.807, 2.05) is 0 Å². The molecule has 0 bridgehead atoms. The first kappa shape index (κ1) is 22.9. The van der Waals surface area contributed by atoms with E-state index in [0.29, 0.717) is 5.56 Å². The molecular weight excluding hydrogens is 372 g/mol. The van der Waals surface area contributed by atoms with E-state index in [4.69, 9.17) is 11.5 Å². The molecule has 11 nitrogen and oxygen atoms in total. The molecule has 0 saturated heterocycles. The average Bonchev–Trinajstić information content (AvgIpc) is 2.59. The van der Waals surface area contributed by atoms with E-state index in [9.17, 15) is 34.5 Å². The molecule has 0 unspecified atom stereocenters. The maximum absolute atomic E-state index is 12.4. The molecule has 154 valence electrons. The van der Waals surface area contributed by atoms with Gasteiger partial charge in [-0.2, -0.15) is 0 Å². The van der Waals surface area contributed by atoms with Crippen molar-refractivity contribution in [2.75, 3.05) is 0 Å². The lowest BCUT2D eigenvalue weighted by Crippen LogP contribution is -2.58. The maximum atomic E-state index is 12.4. The van der Waals surface area contributed by atoms with Gasteiger partial charge in [0, 0.05) is 6.42 Å². The van der Waals surface area contributed by atoms with E-state index >= 15 is 0 Å². The van der Waals surface area contributed by atoms with Crippen LogP contribution in [0.1, 0.15) is 18.9 Å². The molecule has 0 radical (unpaired) electrons. The zero-order chi connectivity index (χ0) is 21.4. The average molecular weight is 396 g/mol. The van der Waals surface area contributed by atoms with Crippen molar-refractivity contribution in [1.29, 1.82) is 0 Å². The Morgan fingerprint density at radius 1 is 1.07 bits per heavy atom. The minimum atomic E-state index is -1.49. The number of aliphatic hydroxyl groups excluding tert-OH is 1. The summed E-state index contributed by atoms with van der Waals surface area (Å²) in [5, 5.41) is 32.8. The van der Waals surface area contributed by atoms with Gasteiger partial charge in [0.2, 0.25) is 17.7 Å². The summed E-state index contributed by atoms with van der Waals surface area (Å²) in [7, 11) is 0. The Morgan fingerprint density at radius 3 is 2.11 bits per heavy atom. The molecule has 0 aromatic heterocycles. The lowest BCUT2D eigenvalue weighted by atomic mass is 10.0. The highest BCUT2D eigenvalue weighted by atomic mass is 16.4. The second-order valence-corrected chi connectivity index (χ2v) is 6.27. The van der Waals surface area contributed by atoms with Gasteiger partial charge in [0.25, 0.3) is 0 Å². The lowest BCUT2D eigenvalue weighted by molar-refractivity contribution is -0.143. The summed E-state index contributed by atoms with van der Waals surface area (Å²) in [5.41, 5.74) is 11.0. The van der Waals surface area contributed by atoms with Gasteiger partial charge in [-0.1, -0.05) is 12.1 Å². The number of carboxylic acids is 1. The second kappa shape index (κ2) is 10.2. The first-order valence-electron chi connectivity index (χ1n) is 8.34. The van der Waals surface area contributed by atoms with Crippen LogP contribution in [0.5, 0.6) is 5.75 Å². The first-order valence-corrected chi connectivity index (χ1v) is 8.34. The molecule has 0 heterocycles. The smallest absolute Gasteiger partial charge is 0.326 e. The number of aliphatic hydroxyl groups is 1. The van der Waals surface area contributed by atoms with E-state index in [1.165, 1.54) is 31.2 Å². The second-order valence-electron chi connectivity index (χ2n) is 6.27. The number of phenolic OH excluding ortho intramolecular Hbond substituents is 1. The molecule has 0 aliphatic carbocycles. The molecule has 1 rings (SSSR count). The lowest BCUT2D eigenvalue weighted by Gasteiger charge is -2.24. The first-order chi connectivity index (χ1) is 13.0. The fourth-order valence-corrected chi connectivity index (χ4v) is 2.30. The van der Waals surface area contributed by atoms with Crippen molar-refractivity contribution in [2.45, 2.75) is 44.0 Å². The van der Waals surface area contributed by atoms with Crippen molar-refractivity contribution in [1.82, 2.24) is 10.6 Å². The molecule has 9 N–H and O–H groups in total. The van der Waals surface area contributed by atoms with Gasteiger partial charge < -0.3 is 37.4 Å². The third-order valence-corrected chi connectivity index (χ3v) is 3.81. The number of carbonyl (C=O) groups is 4. The number of rotatable bonds is 10. The van der Waals surface area contributed by atoms with E-state index in [2.05, 4.69) is 10.6 Å². The minimum absolute atomic E-state index is 0.00356. The highest BCUT2D eigenvalue weighted by Gasteiger charge is 2.31. The van der Waals surface area contributed by atoms with Crippen LogP contribution in [0.3, 0.4) is 0 Å². The third-order valence-electron chi connectivity index (χ3n) is 3.81. The van der Waals surface area contributed by atoms with Gasteiger partial charge >= 0.3 is 5.97 Å².